The molecule has 2 amide bonds. The van der Waals surface area contributed by atoms with Crippen molar-refractivity contribution in [2.75, 3.05) is 19.8 Å². The lowest BCUT2D eigenvalue weighted by atomic mass is 9.99. The second-order valence-corrected chi connectivity index (χ2v) is 4.81. The van der Waals surface area contributed by atoms with Crippen molar-refractivity contribution in [3.63, 3.8) is 0 Å². The Balaban J connectivity index is 1.63. The van der Waals surface area contributed by atoms with Gasteiger partial charge in [0.25, 0.3) is 0 Å². The van der Waals surface area contributed by atoms with E-state index in [2.05, 4.69) is 10.6 Å². The molecule has 2 rings (SSSR count). The summed E-state index contributed by atoms with van der Waals surface area (Å²) in [6.07, 6.45) is 2.98. The van der Waals surface area contributed by atoms with Crippen LogP contribution in [0.15, 0.2) is 0 Å². The highest BCUT2D eigenvalue weighted by molar-refractivity contribution is 5.87. The SMILES string of the molecule is NC1(C(=O)NCCC(=O)NC2CC2)CCOC1. The van der Waals surface area contributed by atoms with Crippen LogP contribution >= 0.6 is 0 Å². The average Bonchev–Trinajstić information content (AvgIpc) is 2.98. The first-order valence-corrected chi connectivity index (χ1v) is 6.04. The topological polar surface area (TPSA) is 93.5 Å². The second kappa shape index (κ2) is 5.01. The highest BCUT2D eigenvalue weighted by Crippen LogP contribution is 2.18. The van der Waals surface area contributed by atoms with E-state index in [1.165, 1.54) is 0 Å². The molecule has 0 radical (unpaired) electrons. The number of rotatable bonds is 5. The molecule has 6 nitrogen and oxygen atoms in total. The van der Waals surface area contributed by atoms with Gasteiger partial charge >= 0.3 is 0 Å². The zero-order valence-electron chi connectivity index (χ0n) is 9.83. The highest BCUT2D eigenvalue weighted by atomic mass is 16.5. The molecule has 0 aromatic carbocycles. The van der Waals surface area contributed by atoms with Gasteiger partial charge in [0, 0.05) is 25.6 Å². The molecule has 0 bridgehead atoms. The van der Waals surface area contributed by atoms with Crippen molar-refractivity contribution in [1.82, 2.24) is 10.6 Å². The summed E-state index contributed by atoms with van der Waals surface area (Å²) in [5, 5.41) is 5.55. The van der Waals surface area contributed by atoms with Crippen LogP contribution in [-0.4, -0.2) is 43.2 Å². The van der Waals surface area contributed by atoms with Gasteiger partial charge in [-0.3, -0.25) is 9.59 Å². The molecule has 6 heteroatoms. The Kier molecular flexibility index (Phi) is 3.63. The van der Waals surface area contributed by atoms with Crippen molar-refractivity contribution in [3.8, 4) is 0 Å². The molecule has 1 heterocycles. The van der Waals surface area contributed by atoms with E-state index in [-0.39, 0.29) is 18.4 Å². The van der Waals surface area contributed by atoms with E-state index in [0.29, 0.717) is 32.0 Å². The molecule has 0 aromatic rings. The van der Waals surface area contributed by atoms with E-state index < -0.39 is 5.54 Å². The second-order valence-electron chi connectivity index (χ2n) is 4.81. The summed E-state index contributed by atoms with van der Waals surface area (Å²) in [5.74, 6) is -0.240. The number of amides is 2. The average molecular weight is 241 g/mol. The van der Waals surface area contributed by atoms with E-state index in [4.69, 9.17) is 10.5 Å². The van der Waals surface area contributed by atoms with Gasteiger partial charge in [-0.1, -0.05) is 0 Å². The number of carbonyl (C=O) groups excluding carboxylic acids is 2. The van der Waals surface area contributed by atoms with E-state index in [1.807, 2.05) is 0 Å². The quantitative estimate of drug-likeness (QED) is 0.569. The minimum Gasteiger partial charge on any atom is -0.379 e. The van der Waals surface area contributed by atoms with E-state index in [0.717, 1.165) is 12.8 Å². The zero-order chi connectivity index (χ0) is 12.3. The van der Waals surface area contributed by atoms with Crippen LogP contribution in [0.4, 0.5) is 0 Å². The van der Waals surface area contributed by atoms with Crippen molar-refractivity contribution in [2.24, 2.45) is 5.73 Å². The van der Waals surface area contributed by atoms with Crippen LogP contribution in [0.3, 0.4) is 0 Å². The largest absolute Gasteiger partial charge is 0.379 e. The molecule has 1 aliphatic carbocycles. The Morgan fingerprint density at radius 1 is 1.41 bits per heavy atom. The molecule has 1 unspecified atom stereocenters. The number of nitrogens with one attached hydrogen (secondary N) is 2. The van der Waals surface area contributed by atoms with Crippen LogP contribution in [0.2, 0.25) is 0 Å². The number of nitrogens with two attached hydrogens (primary N) is 1. The van der Waals surface area contributed by atoms with Gasteiger partial charge in [0.15, 0.2) is 0 Å². The fourth-order valence-corrected chi connectivity index (χ4v) is 1.75. The predicted octanol–water partition coefficient (Wildman–Crippen LogP) is -1.11. The Morgan fingerprint density at radius 2 is 2.18 bits per heavy atom. The van der Waals surface area contributed by atoms with Gasteiger partial charge in [0.05, 0.1) is 6.61 Å². The van der Waals surface area contributed by atoms with E-state index >= 15 is 0 Å². The molecule has 4 N–H and O–H groups in total. The molecular weight excluding hydrogens is 222 g/mol. The minimum absolute atomic E-state index is 0.0125. The van der Waals surface area contributed by atoms with Crippen molar-refractivity contribution in [2.45, 2.75) is 37.3 Å². The Morgan fingerprint density at radius 3 is 2.76 bits per heavy atom. The van der Waals surface area contributed by atoms with Crippen LogP contribution in [0.1, 0.15) is 25.7 Å². The Hall–Kier alpha value is -1.14. The normalized spacial score (nSPS) is 27.8. The molecule has 0 spiro atoms. The zero-order valence-corrected chi connectivity index (χ0v) is 9.83. The first-order chi connectivity index (χ1) is 8.10. The third-order valence-corrected chi connectivity index (χ3v) is 3.08. The molecule has 2 fully saturated rings. The summed E-state index contributed by atoms with van der Waals surface area (Å²) in [6.45, 7) is 1.11. The minimum atomic E-state index is -0.910. The van der Waals surface area contributed by atoms with Crippen molar-refractivity contribution in [3.05, 3.63) is 0 Å². The molecule has 0 aromatic heterocycles. The molecule has 1 atom stereocenters. The van der Waals surface area contributed by atoms with Crippen molar-refractivity contribution in [1.29, 1.82) is 0 Å². The molecule has 1 aliphatic heterocycles. The van der Waals surface area contributed by atoms with Crippen molar-refractivity contribution >= 4 is 11.8 Å². The molecule has 2 aliphatic rings. The van der Waals surface area contributed by atoms with Gasteiger partial charge in [0.1, 0.15) is 5.54 Å². The third kappa shape index (κ3) is 3.41. The summed E-state index contributed by atoms with van der Waals surface area (Å²) in [5.41, 5.74) is 4.96. The Labute approximate surface area is 100 Å². The summed E-state index contributed by atoms with van der Waals surface area (Å²) in [6, 6.07) is 0.363. The van der Waals surface area contributed by atoms with Crippen LogP contribution in [0.25, 0.3) is 0 Å². The molecule has 1 saturated carbocycles. The maximum Gasteiger partial charge on any atom is 0.242 e. The predicted molar refractivity (Wildman–Crippen MR) is 61.1 cm³/mol. The molecular formula is C11H19N3O3. The lowest BCUT2D eigenvalue weighted by Crippen LogP contribution is -2.54. The van der Waals surface area contributed by atoms with Gasteiger partial charge in [-0.15, -0.1) is 0 Å². The summed E-state index contributed by atoms with van der Waals surface area (Å²) >= 11 is 0. The smallest absolute Gasteiger partial charge is 0.242 e. The standard InChI is InChI=1S/C11H19N3O3/c12-11(4-6-17-7-11)10(16)13-5-3-9(15)14-8-1-2-8/h8H,1-7,12H2,(H,13,16)(H,14,15). The lowest BCUT2D eigenvalue weighted by Gasteiger charge is -2.20. The third-order valence-electron chi connectivity index (χ3n) is 3.08. The van der Waals surface area contributed by atoms with Crippen LogP contribution in [-0.2, 0) is 14.3 Å². The lowest BCUT2D eigenvalue weighted by molar-refractivity contribution is -0.126. The molecule has 17 heavy (non-hydrogen) atoms. The van der Waals surface area contributed by atoms with Gasteiger partial charge in [-0.05, 0) is 19.3 Å². The van der Waals surface area contributed by atoms with Gasteiger partial charge < -0.3 is 21.1 Å². The van der Waals surface area contributed by atoms with Crippen LogP contribution < -0.4 is 16.4 Å². The molecule has 96 valence electrons. The van der Waals surface area contributed by atoms with Gasteiger partial charge in [0.2, 0.25) is 11.8 Å². The highest BCUT2D eigenvalue weighted by Gasteiger charge is 2.38. The fourth-order valence-electron chi connectivity index (χ4n) is 1.75. The summed E-state index contributed by atoms with van der Waals surface area (Å²) in [4.78, 5) is 23.1. The molecule has 1 saturated heterocycles. The summed E-state index contributed by atoms with van der Waals surface area (Å²) < 4.78 is 5.10. The van der Waals surface area contributed by atoms with Crippen molar-refractivity contribution < 1.29 is 14.3 Å². The van der Waals surface area contributed by atoms with Crippen LogP contribution in [0, 0.1) is 0 Å². The Bertz CT molecular complexity index is 309. The first kappa shape index (κ1) is 12.3. The number of hydrogen-bond acceptors (Lipinski definition) is 4. The number of hydrogen-bond donors (Lipinski definition) is 3. The maximum atomic E-state index is 11.7. The van der Waals surface area contributed by atoms with Crippen LogP contribution in [0.5, 0.6) is 0 Å². The van der Waals surface area contributed by atoms with Gasteiger partial charge in [-0.2, -0.15) is 0 Å². The maximum absolute atomic E-state index is 11.7. The monoisotopic (exact) mass is 241 g/mol. The fraction of sp³-hybridized carbons (Fsp3) is 0.818. The summed E-state index contributed by atoms with van der Waals surface area (Å²) in [7, 11) is 0. The van der Waals surface area contributed by atoms with E-state index in [1.54, 1.807) is 0 Å². The first-order valence-electron chi connectivity index (χ1n) is 6.04. The van der Waals surface area contributed by atoms with Gasteiger partial charge in [-0.25, -0.2) is 0 Å². The number of ether oxygens (including phenoxy) is 1. The number of carbonyl (C=O) groups is 2. The van der Waals surface area contributed by atoms with E-state index in [9.17, 15) is 9.59 Å².